The van der Waals surface area contributed by atoms with Gasteiger partial charge in [-0.25, -0.2) is 0 Å². The number of furan rings is 1. The molecule has 0 aliphatic carbocycles. The van der Waals surface area contributed by atoms with Crippen molar-refractivity contribution in [2.45, 2.75) is 0 Å². The average molecular weight is 774 g/mol. The molecule has 0 aliphatic heterocycles. The topological polar surface area (TPSA) is 16.4 Å². The van der Waals surface area contributed by atoms with E-state index in [1.165, 1.54) is 4.90 Å². The van der Waals surface area contributed by atoms with E-state index in [1.54, 1.807) is 30.3 Å². The van der Waals surface area contributed by atoms with Crippen molar-refractivity contribution in [2.75, 3.05) is 4.90 Å². The second-order valence-electron chi connectivity index (χ2n) is 14.7. The summed E-state index contributed by atoms with van der Waals surface area (Å²) >= 11 is 0. The fourth-order valence-corrected chi connectivity index (χ4v) is 8.05. The summed E-state index contributed by atoms with van der Waals surface area (Å²) < 4.78 is 83.2. The van der Waals surface area contributed by atoms with Crippen LogP contribution in [0.2, 0.25) is 0 Å². The molecule has 0 amide bonds. The van der Waals surface area contributed by atoms with Gasteiger partial charge in [-0.05, 0) is 116 Å². The lowest BCUT2D eigenvalue weighted by Crippen LogP contribution is -2.10. The molecule has 1 heterocycles. The number of hydrogen-bond donors (Lipinski definition) is 0. The van der Waals surface area contributed by atoms with Gasteiger partial charge < -0.3 is 9.32 Å². The predicted molar refractivity (Wildman–Crippen MR) is 253 cm³/mol. The van der Waals surface area contributed by atoms with Crippen molar-refractivity contribution in [1.29, 1.82) is 0 Å². The molecule has 1 aromatic heterocycles. The Morgan fingerprint density at radius 3 is 1.55 bits per heavy atom. The average Bonchev–Trinajstić information content (AvgIpc) is 3.78. The molecule has 0 spiro atoms. The molecule has 0 saturated heterocycles. The van der Waals surface area contributed by atoms with E-state index in [-0.39, 0.29) is 46.7 Å². The van der Waals surface area contributed by atoms with Crippen LogP contribution in [-0.2, 0) is 0 Å². The number of benzene rings is 10. The van der Waals surface area contributed by atoms with Crippen molar-refractivity contribution in [3.8, 4) is 55.6 Å². The highest BCUT2D eigenvalue weighted by atomic mass is 16.3. The highest BCUT2D eigenvalue weighted by molar-refractivity contribution is 6.19. The molecule has 60 heavy (non-hydrogen) atoms. The lowest BCUT2D eigenvalue weighted by molar-refractivity contribution is 0.673. The van der Waals surface area contributed by atoms with Crippen LogP contribution in [0.1, 0.15) is 11.0 Å². The summed E-state index contributed by atoms with van der Waals surface area (Å²) in [7, 11) is 0. The fourth-order valence-electron chi connectivity index (χ4n) is 8.05. The Bertz CT molecular complexity index is 3720. The quantitative estimate of drug-likeness (QED) is 0.153. The van der Waals surface area contributed by atoms with Gasteiger partial charge in [0.25, 0.3) is 0 Å². The first-order valence-electron chi connectivity index (χ1n) is 23.8. The van der Waals surface area contributed by atoms with Gasteiger partial charge in [0.1, 0.15) is 11.2 Å². The van der Waals surface area contributed by atoms with Crippen LogP contribution in [0.25, 0.3) is 88.3 Å². The number of rotatable bonds is 8. The van der Waals surface area contributed by atoms with Gasteiger partial charge in [-0.1, -0.05) is 182 Å². The van der Waals surface area contributed by atoms with E-state index in [9.17, 15) is 11.0 Å². The SMILES string of the molecule is [2H]c1c([2H])c(N(c2cccc(-c3cccc4oc5c6ccccc6ccc5c34)c2)c2c([2H])c([2H])c(-c3cccc(-c4ccccc4)c3)c([2H])c2[2H])c([2H])c([2H])c1-c1ccc(-c2ccccc2)cc1. The molecule has 0 saturated carbocycles. The van der Waals surface area contributed by atoms with Crippen LogP contribution in [0, 0.1) is 0 Å². The Hall–Kier alpha value is -7.94. The Kier molecular flexibility index (Phi) is 6.96. The standard InChI is InChI=1S/C58H39NO/c1-3-12-40(13-4-1)42-24-26-43(27-25-42)44-28-33-50(34-29-44)59(51-35-30-45(31-36-51)48-18-9-17-47(38-48)41-14-5-2-6-15-41)52-20-10-19-49(39-52)53-22-11-23-56-57(53)55-37-32-46-16-7-8-21-54(46)58(55)60-56/h1-39H/i28D,29D,30D,31D,33D,34D,35D,36D. The lowest BCUT2D eigenvalue weighted by Gasteiger charge is -2.26. The smallest absolute Gasteiger partial charge is 0.143 e. The van der Waals surface area contributed by atoms with Crippen LogP contribution in [0.15, 0.2) is 241 Å². The fraction of sp³-hybridized carbons (Fsp3) is 0. The third-order valence-electron chi connectivity index (χ3n) is 11.0. The summed E-state index contributed by atoms with van der Waals surface area (Å²) in [5, 5.41) is 3.80. The molecule has 2 heteroatoms. The van der Waals surface area contributed by atoms with Crippen molar-refractivity contribution < 1.29 is 15.4 Å². The second kappa shape index (κ2) is 15.1. The maximum atomic E-state index is 9.69. The first-order chi connectivity index (χ1) is 33.1. The molecule has 0 bridgehead atoms. The summed E-state index contributed by atoms with van der Waals surface area (Å²) in [4.78, 5) is 1.36. The summed E-state index contributed by atoms with van der Waals surface area (Å²) in [5.41, 5.74) is 7.67. The van der Waals surface area contributed by atoms with Gasteiger partial charge in [0.2, 0.25) is 0 Å². The maximum Gasteiger partial charge on any atom is 0.143 e. The van der Waals surface area contributed by atoms with E-state index in [0.717, 1.165) is 54.9 Å². The van der Waals surface area contributed by atoms with Gasteiger partial charge >= 0.3 is 0 Å². The molecule has 11 aromatic rings. The third-order valence-corrected chi connectivity index (χ3v) is 11.0. The Balaban J connectivity index is 1.12. The summed E-state index contributed by atoms with van der Waals surface area (Å²) in [5.74, 6) is 0. The normalized spacial score (nSPS) is 13.2. The number of nitrogens with zero attached hydrogens (tertiary/aromatic N) is 1. The van der Waals surface area contributed by atoms with E-state index in [4.69, 9.17) is 4.42 Å². The molecule has 2 nitrogen and oxygen atoms in total. The van der Waals surface area contributed by atoms with Crippen molar-refractivity contribution in [3.63, 3.8) is 0 Å². The van der Waals surface area contributed by atoms with Crippen LogP contribution >= 0.6 is 0 Å². The number of hydrogen-bond acceptors (Lipinski definition) is 2. The second-order valence-corrected chi connectivity index (χ2v) is 14.7. The first kappa shape index (κ1) is 27.7. The van der Waals surface area contributed by atoms with Gasteiger partial charge in [0.05, 0.1) is 11.0 Å². The molecule has 11 rings (SSSR count). The monoisotopic (exact) mass is 773 g/mol. The van der Waals surface area contributed by atoms with Gasteiger partial charge in [-0.2, -0.15) is 0 Å². The van der Waals surface area contributed by atoms with E-state index in [1.807, 2.05) is 152 Å². The minimum atomic E-state index is -0.413. The van der Waals surface area contributed by atoms with Gasteiger partial charge in [0, 0.05) is 33.2 Å². The summed E-state index contributed by atoms with van der Waals surface area (Å²) in [6.45, 7) is 0. The molecule has 0 radical (unpaired) electrons. The van der Waals surface area contributed by atoms with Crippen LogP contribution in [0.5, 0.6) is 0 Å². The summed E-state index contributed by atoms with van der Waals surface area (Å²) in [6.07, 6.45) is 0. The van der Waals surface area contributed by atoms with Crippen molar-refractivity contribution in [2.24, 2.45) is 0 Å². The van der Waals surface area contributed by atoms with Crippen molar-refractivity contribution >= 4 is 49.8 Å². The van der Waals surface area contributed by atoms with Crippen LogP contribution in [0.4, 0.5) is 17.1 Å². The molecule has 282 valence electrons. The van der Waals surface area contributed by atoms with Gasteiger partial charge in [-0.15, -0.1) is 0 Å². The maximum absolute atomic E-state index is 9.69. The van der Waals surface area contributed by atoms with Crippen LogP contribution in [0.3, 0.4) is 0 Å². The van der Waals surface area contributed by atoms with Crippen molar-refractivity contribution in [1.82, 2.24) is 0 Å². The molecule has 10 aromatic carbocycles. The molecule has 0 N–H and O–H groups in total. The number of anilines is 3. The highest BCUT2D eigenvalue weighted by Crippen LogP contribution is 2.43. The Labute approximate surface area is 361 Å². The van der Waals surface area contributed by atoms with E-state index >= 15 is 0 Å². The van der Waals surface area contributed by atoms with E-state index in [0.29, 0.717) is 28.0 Å². The molecular formula is C58H39NO. The zero-order chi connectivity index (χ0) is 46.8. The minimum absolute atomic E-state index is 0.0927. The number of fused-ring (bicyclic) bond motifs is 5. The van der Waals surface area contributed by atoms with Gasteiger partial charge in [0.15, 0.2) is 0 Å². The molecule has 0 unspecified atom stereocenters. The zero-order valence-corrected chi connectivity index (χ0v) is 32.3. The Morgan fingerprint density at radius 2 is 0.850 bits per heavy atom. The summed E-state index contributed by atoms with van der Waals surface area (Å²) in [6, 6.07) is 56.5. The molecule has 0 atom stereocenters. The molecule has 0 fully saturated rings. The van der Waals surface area contributed by atoms with Crippen LogP contribution < -0.4 is 4.90 Å². The molecule has 0 aliphatic rings. The first-order valence-corrected chi connectivity index (χ1v) is 19.8. The lowest BCUT2D eigenvalue weighted by atomic mass is 9.97. The largest absolute Gasteiger partial charge is 0.455 e. The van der Waals surface area contributed by atoms with E-state index in [2.05, 4.69) is 6.07 Å². The predicted octanol–water partition coefficient (Wildman–Crippen LogP) is 16.5. The molecular weight excluding hydrogens is 727 g/mol. The highest BCUT2D eigenvalue weighted by Gasteiger charge is 2.18. The van der Waals surface area contributed by atoms with E-state index < -0.39 is 24.2 Å². The third kappa shape index (κ3) is 6.51. The zero-order valence-electron chi connectivity index (χ0n) is 40.3. The van der Waals surface area contributed by atoms with Crippen molar-refractivity contribution in [3.05, 3.63) is 236 Å². The minimum Gasteiger partial charge on any atom is -0.455 e. The van der Waals surface area contributed by atoms with Gasteiger partial charge in [-0.3, -0.25) is 0 Å². The van der Waals surface area contributed by atoms with Crippen LogP contribution in [-0.4, -0.2) is 0 Å². The Morgan fingerprint density at radius 1 is 0.333 bits per heavy atom.